The lowest BCUT2D eigenvalue weighted by Gasteiger charge is -2.39. The minimum Gasteiger partial charge on any atom is -0.497 e. The molecule has 0 spiro atoms. The highest BCUT2D eigenvalue weighted by Gasteiger charge is 2.45. The quantitative estimate of drug-likeness (QED) is 0.0216. The van der Waals surface area contributed by atoms with Crippen molar-refractivity contribution in [3.8, 4) is 29.4 Å². The Labute approximate surface area is 433 Å². The Balaban J connectivity index is 1.21. The number of carbonyl (C=O) groups excluding carboxylic acids is 2. The van der Waals surface area contributed by atoms with Crippen LogP contribution in [0.25, 0.3) is 11.0 Å². The summed E-state index contributed by atoms with van der Waals surface area (Å²) in [6, 6.07) is 34.6. The summed E-state index contributed by atoms with van der Waals surface area (Å²) in [4.78, 5) is 49.6. The Morgan fingerprint density at radius 1 is 0.838 bits per heavy atom. The van der Waals surface area contributed by atoms with Gasteiger partial charge in [-0.05, 0) is 86.7 Å². The number of carbonyl (C=O) groups is 2. The van der Waals surface area contributed by atoms with E-state index in [1.54, 1.807) is 44.7 Å². The molecular formula is C57H64N7O9P. The van der Waals surface area contributed by atoms with Crippen LogP contribution in [0.2, 0.25) is 0 Å². The molecule has 2 N–H and O–H groups in total. The van der Waals surface area contributed by atoms with E-state index in [2.05, 4.69) is 74.4 Å². The molecule has 0 aliphatic carbocycles. The van der Waals surface area contributed by atoms with Crippen molar-refractivity contribution in [1.29, 1.82) is 5.26 Å². The molecular weight excluding hydrogens is 958 g/mol. The molecule has 1 fully saturated rings. The number of benzene rings is 4. The number of rotatable bonds is 22. The van der Waals surface area contributed by atoms with Gasteiger partial charge in [0.25, 0.3) is 25.9 Å². The summed E-state index contributed by atoms with van der Waals surface area (Å²) < 4.78 is 43.5. The number of aromatic nitrogens is 3. The van der Waals surface area contributed by atoms with Crippen molar-refractivity contribution in [3.63, 3.8) is 0 Å². The lowest BCUT2D eigenvalue weighted by Crippen LogP contribution is -2.39. The maximum atomic E-state index is 14.2. The first-order chi connectivity index (χ1) is 35.8. The summed E-state index contributed by atoms with van der Waals surface area (Å²) in [5, 5.41) is 13.1. The Bertz CT molecular complexity index is 2980. The van der Waals surface area contributed by atoms with Crippen molar-refractivity contribution in [2.45, 2.75) is 96.9 Å². The molecule has 2 aliphatic heterocycles. The van der Waals surface area contributed by atoms with Gasteiger partial charge in [0.2, 0.25) is 5.95 Å². The van der Waals surface area contributed by atoms with Gasteiger partial charge in [0, 0.05) is 44.2 Å². The molecule has 0 radical (unpaired) electrons. The van der Waals surface area contributed by atoms with Gasteiger partial charge in [-0.15, -0.1) is 0 Å². The molecule has 0 saturated carbocycles. The number of ether oxygens (including phenoxy) is 4. The van der Waals surface area contributed by atoms with Crippen LogP contribution in [0.5, 0.6) is 11.5 Å². The number of aromatic amines is 1. The maximum Gasteiger partial charge on any atom is 0.263 e. The lowest BCUT2D eigenvalue weighted by molar-refractivity contribution is -0.0911. The molecule has 1 saturated heterocycles. The van der Waals surface area contributed by atoms with Crippen LogP contribution in [0, 0.1) is 29.1 Å². The van der Waals surface area contributed by atoms with Crippen LogP contribution >= 0.6 is 8.53 Å². The van der Waals surface area contributed by atoms with Gasteiger partial charge in [0.05, 0.1) is 68.1 Å². The molecule has 17 heteroatoms. The van der Waals surface area contributed by atoms with E-state index in [-0.39, 0.29) is 80.2 Å². The predicted octanol–water partition coefficient (Wildman–Crippen LogP) is 9.80. The molecule has 2 aliphatic rings. The number of methoxy groups -OCH3 is 2. The number of amides is 2. The summed E-state index contributed by atoms with van der Waals surface area (Å²) in [6.45, 7) is 13.3. The van der Waals surface area contributed by atoms with Gasteiger partial charge < -0.3 is 37.9 Å². The zero-order chi connectivity index (χ0) is 52.5. The van der Waals surface area contributed by atoms with Crippen LogP contribution in [-0.4, -0.2) is 101 Å². The highest BCUT2D eigenvalue weighted by Crippen LogP contribution is 2.51. The van der Waals surface area contributed by atoms with Gasteiger partial charge in [-0.3, -0.25) is 24.3 Å². The number of nitrogens with zero attached hydrogens (tertiary/aromatic N) is 5. The Kier molecular flexibility index (Phi) is 17.3. The normalized spacial score (nSPS) is 17.0. The molecule has 74 heavy (non-hydrogen) atoms. The zero-order valence-electron chi connectivity index (χ0n) is 43.2. The van der Waals surface area contributed by atoms with E-state index in [1.165, 1.54) is 4.90 Å². The second-order valence-electron chi connectivity index (χ2n) is 19.1. The Hall–Kier alpha value is -6.88. The Morgan fingerprint density at radius 3 is 2.00 bits per heavy atom. The van der Waals surface area contributed by atoms with Crippen LogP contribution < -0.4 is 20.3 Å². The van der Waals surface area contributed by atoms with Crippen molar-refractivity contribution in [1.82, 2.24) is 24.1 Å². The van der Waals surface area contributed by atoms with E-state index in [0.29, 0.717) is 40.4 Å². The van der Waals surface area contributed by atoms with Crippen molar-refractivity contribution < 1.29 is 37.6 Å². The SMILES string of the molecule is COc1ccc(C(OC[C@H]2O[C@@H](n3cc(C#CCCN4C(=O)c5ccccc5C4=O)c4c(=O)[nH]c(NCC(C)C)nc43)C[C@@H]2OP(OCCC#N)N(C(C)C)C(C)C)(c2ccccc2)c2ccc(OC)cc2)cc1. The van der Waals surface area contributed by atoms with Crippen molar-refractivity contribution in [3.05, 3.63) is 153 Å². The van der Waals surface area contributed by atoms with Gasteiger partial charge in [-0.2, -0.15) is 10.2 Å². The first-order valence-corrected chi connectivity index (χ1v) is 26.1. The highest BCUT2D eigenvalue weighted by atomic mass is 31.2. The van der Waals surface area contributed by atoms with E-state index in [4.69, 9.17) is 33.0 Å². The number of H-pyrrole nitrogens is 1. The molecule has 0 bridgehead atoms. The molecule has 1 unspecified atom stereocenters. The summed E-state index contributed by atoms with van der Waals surface area (Å²) in [7, 11) is 1.51. The third kappa shape index (κ3) is 11.4. The standard InChI is InChI=1S/C57H64N7O9P/c1-37(2)34-59-56-60-52-51(53(65)61-56)40(17-14-15-31-62-54(66)46-20-12-13-21-47(46)55(62)67)35-63(52)50-33-48(73-74(71-32-16-30-58)64(38(3)4)39(5)6)49(72-50)36-70-57(41-18-10-9-11-19-41,42-22-26-44(68-7)27-23-42)43-24-28-45(69-8)29-25-43/h9-13,18-29,35,37-39,48-50H,15-16,31-34,36H2,1-8H3,(H2,59,60,61,65)/t48-,49+,50+,74?/m0/s1. The van der Waals surface area contributed by atoms with Crippen LogP contribution in [0.3, 0.4) is 0 Å². The maximum absolute atomic E-state index is 14.2. The average Bonchev–Trinajstić information content (AvgIpc) is 4.06. The predicted molar refractivity (Wildman–Crippen MR) is 284 cm³/mol. The second kappa shape index (κ2) is 24.0. The van der Waals surface area contributed by atoms with Crippen LogP contribution in [-0.2, 0) is 24.1 Å². The monoisotopic (exact) mass is 1020 g/mol. The molecule has 386 valence electrons. The molecule has 2 amide bonds. The number of imide groups is 1. The van der Waals surface area contributed by atoms with Gasteiger partial charge in [0.1, 0.15) is 29.4 Å². The lowest BCUT2D eigenvalue weighted by atomic mass is 9.80. The molecule has 8 rings (SSSR count). The zero-order valence-corrected chi connectivity index (χ0v) is 44.1. The molecule has 16 nitrogen and oxygen atoms in total. The third-order valence-corrected chi connectivity index (χ3v) is 15.1. The topological polar surface area (TPSA) is 182 Å². The van der Waals surface area contributed by atoms with Crippen LogP contribution in [0.15, 0.2) is 114 Å². The number of hydrogen-bond donors (Lipinski definition) is 2. The highest BCUT2D eigenvalue weighted by molar-refractivity contribution is 7.44. The van der Waals surface area contributed by atoms with E-state index < -0.39 is 38.1 Å². The first kappa shape index (κ1) is 53.4. The number of hydrogen-bond acceptors (Lipinski definition) is 13. The molecule has 2 aromatic heterocycles. The van der Waals surface area contributed by atoms with E-state index in [1.807, 2.05) is 83.4 Å². The fraction of sp³-hybridized carbons (Fsp3) is 0.386. The van der Waals surface area contributed by atoms with Gasteiger partial charge in [-0.1, -0.05) is 92.4 Å². The van der Waals surface area contributed by atoms with Gasteiger partial charge in [-0.25, -0.2) is 4.67 Å². The largest absolute Gasteiger partial charge is 0.497 e. The second-order valence-corrected chi connectivity index (χ2v) is 20.5. The Morgan fingerprint density at radius 2 is 1.43 bits per heavy atom. The van der Waals surface area contributed by atoms with Gasteiger partial charge >= 0.3 is 0 Å². The summed E-state index contributed by atoms with van der Waals surface area (Å²) >= 11 is 0. The molecule has 4 heterocycles. The summed E-state index contributed by atoms with van der Waals surface area (Å²) in [6.07, 6.45) is 0.239. The van der Waals surface area contributed by atoms with Crippen LogP contribution in [0.1, 0.15) is 110 Å². The fourth-order valence-electron chi connectivity index (χ4n) is 9.45. The average molecular weight is 1020 g/mol. The van der Waals surface area contributed by atoms with Crippen molar-refractivity contribution >= 4 is 37.3 Å². The van der Waals surface area contributed by atoms with Crippen molar-refractivity contribution in [2.75, 3.05) is 45.8 Å². The number of anilines is 1. The third-order valence-electron chi connectivity index (χ3n) is 12.9. The van der Waals surface area contributed by atoms with E-state index >= 15 is 0 Å². The fourth-order valence-corrected chi connectivity index (χ4v) is 11.2. The van der Waals surface area contributed by atoms with E-state index in [9.17, 15) is 19.6 Å². The van der Waals surface area contributed by atoms with Crippen molar-refractivity contribution in [2.24, 2.45) is 5.92 Å². The molecule has 6 aromatic rings. The number of nitrogens with one attached hydrogen (secondary N) is 2. The molecule has 4 atom stereocenters. The number of fused-ring (bicyclic) bond motifs is 2. The minimum absolute atomic E-state index is 0.0116. The number of nitriles is 1. The molecule has 4 aromatic carbocycles. The first-order valence-electron chi connectivity index (χ1n) is 25.0. The van der Waals surface area contributed by atoms with E-state index in [0.717, 1.165) is 16.7 Å². The van der Waals surface area contributed by atoms with Crippen LogP contribution in [0.4, 0.5) is 5.95 Å². The minimum atomic E-state index is -1.75. The van der Waals surface area contributed by atoms with Gasteiger partial charge in [0.15, 0.2) is 5.65 Å². The summed E-state index contributed by atoms with van der Waals surface area (Å²) in [5.41, 5.74) is 2.40. The summed E-state index contributed by atoms with van der Waals surface area (Å²) in [5.74, 6) is 7.49. The smallest absolute Gasteiger partial charge is 0.263 e.